The summed E-state index contributed by atoms with van der Waals surface area (Å²) in [5, 5.41) is 9.31. The lowest BCUT2D eigenvalue weighted by molar-refractivity contribution is 0.0697. The number of rotatable bonds is 2. The van der Waals surface area contributed by atoms with E-state index in [0.717, 1.165) is 23.2 Å². The smallest absolute Gasteiger partial charge is 0.337 e. The maximum Gasteiger partial charge on any atom is 0.337 e. The molecule has 0 amide bonds. The number of halogens is 1. The predicted octanol–water partition coefficient (Wildman–Crippen LogP) is 3.63. The first-order valence-corrected chi connectivity index (χ1v) is 7.04. The molecule has 2 rings (SSSR count). The quantitative estimate of drug-likeness (QED) is 0.906. The second-order valence-corrected chi connectivity index (χ2v) is 6.23. The van der Waals surface area contributed by atoms with Crippen LogP contribution in [0.15, 0.2) is 22.7 Å². The van der Waals surface area contributed by atoms with Crippen molar-refractivity contribution in [3.05, 3.63) is 28.2 Å². The van der Waals surface area contributed by atoms with Gasteiger partial charge in [-0.15, -0.1) is 0 Å². The summed E-state index contributed by atoms with van der Waals surface area (Å²) in [7, 11) is 0. The lowest BCUT2D eigenvalue weighted by atomic mass is 9.91. The number of carboxylic acid groups (broad SMARTS) is 1. The van der Waals surface area contributed by atoms with Gasteiger partial charge in [0.1, 0.15) is 0 Å². The van der Waals surface area contributed by atoms with Crippen molar-refractivity contribution in [1.82, 2.24) is 0 Å². The normalized spacial score (nSPS) is 24.1. The summed E-state index contributed by atoms with van der Waals surface area (Å²) in [5.41, 5.74) is 1.22. The van der Waals surface area contributed by atoms with E-state index in [1.807, 2.05) is 12.1 Å². The lowest BCUT2D eigenvalue weighted by Gasteiger charge is -2.37. The Hall–Kier alpha value is -1.03. The Labute approximate surface area is 116 Å². The number of hydrogen-bond donors (Lipinski definition) is 1. The van der Waals surface area contributed by atoms with Crippen molar-refractivity contribution in [3.8, 4) is 0 Å². The van der Waals surface area contributed by atoms with Crippen molar-refractivity contribution in [1.29, 1.82) is 0 Å². The van der Waals surface area contributed by atoms with Gasteiger partial charge < -0.3 is 10.0 Å². The minimum Gasteiger partial charge on any atom is -0.478 e. The molecule has 0 aromatic heterocycles. The van der Waals surface area contributed by atoms with Crippen LogP contribution >= 0.6 is 15.9 Å². The van der Waals surface area contributed by atoms with Crippen molar-refractivity contribution in [2.75, 3.05) is 18.0 Å². The number of carboxylic acids is 1. The molecule has 0 aliphatic carbocycles. The summed E-state index contributed by atoms with van der Waals surface area (Å²) in [5.74, 6) is 0.357. The van der Waals surface area contributed by atoms with Crippen LogP contribution in [0.25, 0.3) is 0 Å². The van der Waals surface area contributed by atoms with Gasteiger partial charge in [-0.3, -0.25) is 0 Å². The molecule has 1 aliphatic rings. The molecule has 0 radical (unpaired) electrons. The Bertz CT molecular complexity index is 451. The number of nitrogens with zero attached hydrogens (tertiary/aromatic N) is 1. The number of benzene rings is 1. The highest BCUT2D eigenvalue weighted by atomic mass is 79.9. The molecule has 0 saturated carbocycles. The lowest BCUT2D eigenvalue weighted by Crippen LogP contribution is -2.39. The topological polar surface area (TPSA) is 40.5 Å². The summed E-state index contributed by atoms with van der Waals surface area (Å²) in [4.78, 5) is 13.5. The maximum atomic E-state index is 11.3. The van der Waals surface area contributed by atoms with Crippen LogP contribution in [0, 0.1) is 11.8 Å². The summed E-state index contributed by atoms with van der Waals surface area (Å²) in [6, 6.07) is 5.49. The van der Waals surface area contributed by atoms with Gasteiger partial charge in [0.2, 0.25) is 0 Å². The first-order chi connectivity index (χ1) is 8.47. The van der Waals surface area contributed by atoms with Crippen LogP contribution < -0.4 is 4.90 Å². The Kier molecular flexibility index (Phi) is 3.95. The molecule has 0 bridgehead atoms. The Morgan fingerprint density at radius 1 is 1.33 bits per heavy atom. The van der Waals surface area contributed by atoms with Gasteiger partial charge in [-0.05, 0) is 36.5 Å². The Morgan fingerprint density at radius 3 is 2.50 bits per heavy atom. The molecule has 1 heterocycles. The standard InChI is InChI=1S/C14H18BrNO2/c1-9-5-10(2)8-16(7-9)13-4-3-11(15)6-12(13)14(17)18/h3-4,6,9-10H,5,7-8H2,1-2H3,(H,17,18)/t9-,10+. The summed E-state index contributed by atoms with van der Waals surface area (Å²) in [6.07, 6.45) is 1.22. The molecule has 1 fully saturated rings. The van der Waals surface area contributed by atoms with Crippen LogP contribution in [-0.2, 0) is 0 Å². The highest BCUT2D eigenvalue weighted by Gasteiger charge is 2.25. The van der Waals surface area contributed by atoms with Gasteiger partial charge in [0.15, 0.2) is 0 Å². The predicted molar refractivity (Wildman–Crippen MR) is 76.3 cm³/mol. The molecule has 4 heteroatoms. The Balaban J connectivity index is 2.35. The third-order valence-corrected chi connectivity index (χ3v) is 3.89. The van der Waals surface area contributed by atoms with Crippen molar-refractivity contribution in [2.45, 2.75) is 20.3 Å². The molecule has 0 spiro atoms. The zero-order valence-electron chi connectivity index (χ0n) is 10.7. The second kappa shape index (κ2) is 5.31. The zero-order chi connectivity index (χ0) is 13.3. The van der Waals surface area contributed by atoms with Gasteiger partial charge in [0.25, 0.3) is 0 Å². The number of hydrogen-bond acceptors (Lipinski definition) is 2. The van der Waals surface area contributed by atoms with Gasteiger partial charge in [0, 0.05) is 17.6 Å². The van der Waals surface area contributed by atoms with Crippen molar-refractivity contribution >= 4 is 27.6 Å². The molecule has 2 atom stereocenters. The molecule has 1 N–H and O–H groups in total. The van der Waals surface area contributed by atoms with Crippen molar-refractivity contribution < 1.29 is 9.90 Å². The number of carbonyl (C=O) groups is 1. The largest absolute Gasteiger partial charge is 0.478 e. The SMILES string of the molecule is C[C@@H]1C[C@H](C)CN(c2ccc(Br)cc2C(=O)O)C1. The molecular formula is C14H18BrNO2. The van der Waals surface area contributed by atoms with Gasteiger partial charge in [0.05, 0.1) is 11.3 Å². The maximum absolute atomic E-state index is 11.3. The van der Waals surface area contributed by atoms with Crippen LogP contribution in [0.2, 0.25) is 0 Å². The van der Waals surface area contributed by atoms with Gasteiger partial charge in [-0.2, -0.15) is 0 Å². The van der Waals surface area contributed by atoms with Crippen LogP contribution in [0.4, 0.5) is 5.69 Å². The molecule has 0 unspecified atom stereocenters. The van der Waals surface area contributed by atoms with E-state index in [1.54, 1.807) is 6.07 Å². The average Bonchev–Trinajstić information content (AvgIpc) is 2.27. The molecule has 18 heavy (non-hydrogen) atoms. The van der Waals surface area contributed by atoms with E-state index < -0.39 is 5.97 Å². The second-order valence-electron chi connectivity index (χ2n) is 5.32. The molecule has 98 valence electrons. The van der Waals surface area contributed by atoms with Gasteiger partial charge >= 0.3 is 5.97 Å². The monoisotopic (exact) mass is 311 g/mol. The van der Waals surface area contributed by atoms with Crippen LogP contribution in [0.5, 0.6) is 0 Å². The summed E-state index contributed by atoms with van der Waals surface area (Å²) in [6.45, 7) is 6.32. The Morgan fingerprint density at radius 2 is 1.94 bits per heavy atom. The zero-order valence-corrected chi connectivity index (χ0v) is 12.3. The first kappa shape index (κ1) is 13.4. The summed E-state index contributed by atoms with van der Waals surface area (Å²) >= 11 is 3.33. The fourth-order valence-corrected chi connectivity index (χ4v) is 3.18. The van der Waals surface area contributed by atoms with Crippen LogP contribution in [-0.4, -0.2) is 24.2 Å². The number of anilines is 1. The third kappa shape index (κ3) is 2.86. The fourth-order valence-electron chi connectivity index (χ4n) is 2.81. The van der Waals surface area contributed by atoms with Crippen LogP contribution in [0.1, 0.15) is 30.6 Å². The molecule has 1 saturated heterocycles. The molecule has 3 nitrogen and oxygen atoms in total. The molecule has 1 aromatic carbocycles. The van der Waals surface area contributed by atoms with E-state index in [1.165, 1.54) is 6.42 Å². The average molecular weight is 312 g/mol. The first-order valence-electron chi connectivity index (χ1n) is 6.25. The highest BCUT2D eigenvalue weighted by molar-refractivity contribution is 9.10. The fraction of sp³-hybridized carbons (Fsp3) is 0.500. The van der Waals surface area contributed by atoms with E-state index in [0.29, 0.717) is 17.4 Å². The summed E-state index contributed by atoms with van der Waals surface area (Å²) < 4.78 is 0.807. The molecule has 1 aromatic rings. The van der Waals surface area contributed by atoms with E-state index in [-0.39, 0.29) is 0 Å². The molecular weight excluding hydrogens is 294 g/mol. The third-order valence-electron chi connectivity index (χ3n) is 3.40. The van der Waals surface area contributed by atoms with E-state index >= 15 is 0 Å². The minimum absolute atomic E-state index is 0.380. The van der Waals surface area contributed by atoms with Crippen molar-refractivity contribution in [2.24, 2.45) is 11.8 Å². The van der Waals surface area contributed by atoms with E-state index in [9.17, 15) is 9.90 Å². The number of aromatic carboxylic acids is 1. The molecule has 1 aliphatic heterocycles. The highest BCUT2D eigenvalue weighted by Crippen LogP contribution is 2.30. The number of piperidine rings is 1. The minimum atomic E-state index is -0.864. The van der Waals surface area contributed by atoms with E-state index in [4.69, 9.17) is 0 Å². The van der Waals surface area contributed by atoms with E-state index in [2.05, 4.69) is 34.7 Å². The van der Waals surface area contributed by atoms with Gasteiger partial charge in [-0.1, -0.05) is 29.8 Å². The van der Waals surface area contributed by atoms with Crippen LogP contribution in [0.3, 0.4) is 0 Å². The van der Waals surface area contributed by atoms with Gasteiger partial charge in [-0.25, -0.2) is 4.79 Å². The van der Waals surface area contributed by atoms with Crippen molar-refractivity contribution in [3.63, 3.8) is 0 Å².